The zero-order valence-electron chi connectivity index (χ0n) is 15.4. The summed E-state index contributed by atoms with van der Waals surface area (Å²) in [4.78, 5) is 8.61. The fourth-order valence-electron chi connectivity index (χ4n) is 2.83. The summed E-state index contributed by atoms with van der Waals surface area (Å²) in [5.41, 5.74) is 0. The summed E-state index contributed by atoms with van der Waals surface area (Å²) in [5.74, 6) is 1.47. The quantitative estimate of drug-likeness (QED) is 0.585. The predicted octanol–water partition coefficient (Wildman–Crippen LogP) is 2.72. The molecule has 0 aromatic carbocycles. The zero-order chi connectivity index (χ0) is 17.4. The lowest BCUT2D eigenvalue weighted by molar-refractivity contribution is -0.0334. The van der Waals surface area contributed by atoms with Gasteiger partial charge in [0.15, 0.2) is 5.96 Å². The molecule has 136 valence electrons. The average Bonchev–Trinajstić information content (AvgIpc) is 3.07. The van der Waals surface area contributed by atoms with Gasteiger partial charge in [-0.1, -0.05) is 19.9 Å². The number of hydrogen-bond donors (Lipinski definition) is 2. The van der Waals surface area contributed by atoms with E-state index in [1.807, 2.05) is 11.3 Å². The van der Waals surface area contributed by atoms with Crippen LogP contribution in [0.1, 0.15) is 38.6 Å². The summed E-state index contributed by atoms with van der Waals surface area (Å²) in [5, 5.41) is 9.05. The zero-order valence-corrected chi connectivity index (χ0v) is 16.2. The number of nitrogens with zero attached hydrogens (tertiary/aromatic N) is 2. The molecule has 0 saturated carbocycles. The second-order valence-electron chi connectivity index (χ2n) is 6.70. The van der Waals surface area contributed by atoms with Gasteiger partial charge in [0.25, 0.3) is 0 Å². The molecule has 5 nitrogen and oxygen atoms in total. The van der Waals surface area contributed by atoms with Gasteiger partial charge < -0.3 is 15.4 Å². The van der Waals surface area contributed by atoms with Gasteiger partial charge in [-0.05, 0) is 31.2 Å². The molecular weight excluding hydrogens is 320 g/mol. The van der Waals surface area contributed by atoms with Crippen molar-refractivity contribution in [1.82, 2.24) is 15.5 Å². The van der Waals surface area contributed by atoms with Crippen LogP contribution in [-0.2, 0) is 4.74 Å². The number of rotatable bonds is 7. The molecule has 1 fully saturated rings. The van der Waals surface area contributed by atoms with Crippen LogP contribution in [0, 0.1) is 5.92 Å². The molecule has 1 saturated heterocycles. The number of hydrogen-bond acceptors (Lipinski definition) is 4. The van der Waals surface area contributed by atoms with Gasteiger partial charge in [-0.25, -0.2) is 0 Å². The summed E-state index contributed by atoms with van der Waals surface area (Å²) in [6.45, 7) is 14.0. The summed E-state index contributed by atoms with van der Waals surface area (Å²) >= 11 is 1.83. The van der Waals surface area contributed by atoms with Crippen LogP contribution in [-0.4, -0.2) is 56.3 Å². The maximum atomic E-state index is 5.71. The van der Waals surface area contributed by atoms with E-state index >= 15 is 0 Å². The van der Waals surface area contributed by atoms with Gasteiger partial charge in [-0.15, -0.1) is 11.3 Å². The lowest BCUT2D eigenvalue weighted by Crippen LogP contribution is -2.48. The number of aliphatic imine (C=N–C) groups is 1. The summed E-state index contributed by atoms with van der Waals surface area (Å²) in [7, 11) is 0. The van der Waals surface area contributed by atoms with E-state index in [0.717, 1.165) is 45.3 Å². The minimum atomic E-state index is 0.295. The normalized spacial score (nSPS) is 21.0. The Bertz CT molecular complexity index is 489. The molecule has 1 aliphatic rings. The fraction of sp³-hybridized carbons (Fsp3) is 0.722. The lowest BCUT2D eigenvalue weighted by Gasteiger charge is -2.37. The molecule has 2 N–H and O–H groups in total. The SMILES string of the molecule is CCNC(=NCC(C)C)NCC(c1cccs1)N1CCOC(C)C1. The molecule has 6 heteroatoms. The largest absolute Gasteiger partial charge is 0.376 e. The van der Waals surface area contributed by atoms with Crippen molar-refractivity contribution in [3.8, 4) is 0 Å². The third-order valence-corrected chi connectivity index (χ3v) is 4.98. The van der Waals surface area contributed by atoms with Crippen LogP contribution in [0.3, 0.4) is 0 Å². The molecule has 1 aromatic heterocycles. The topological polar surface area (TPSA) is 48.9 Å². The van der Waals surface area contributed by atoms with Crippen molar-refractivity contribution >= 4 is 17.3 Å². The van der Waals surface area contributed by atoms with Gasteiger partial charge in [-0.3, -0.25) is 9.89 Å². The highest BCUT2D eigenvalue weighted by Crippen LogP contribution is 2.26. The highest BCUT2D eigenvalue weighted by atomic mass is 32.1. The van der Waals surface area contributed by atoms with Crippen molar-refractivity contribution in [3.05, 3.63) is 22.4 Å². The van der Waals surface area contributed by atoms with Crippen molar-refractivity contribution < 1.29 is 4.74 Å². The number of morpholine rings is 1. The van der Waals surface area contributed by atoms with Gasteiger partial charge in [0.05, 0.1) is 18.8 Å². The van der Waals surface area contributed by atoms with Crippen LogP contribution in [0.2, 0.25) is 0 Å². The smallest absolute Gasteiger partial charge is 0.191 e. The van der Waals surface area contributed by atoms with Crippen molar-refractivity contribution in [2.45, 2.75) is 39.8 Å². The van der Waals surface area contributed by atoms with E-state index in [4.69, 9.17) is 4.74 Å². The van der Waals surface area contributed by atoms with E-state index in [0.29, 0.717) is 18.1 Å². The Morgan fingerprint density at radius 3 is 2.92 bits per heavy atom. The minimum Gasteiger partial charge on any atom is -0.376 e. The molecule has 0 radical (unpaired) electrons. The maximum absolute atomic E-state index is 5.71. The maximum Gasteiger partial charge on any atom is 0.191 e. The Morgan fingerprint density at radius 2 is 2.29 bits per heavy atom. The van der Waals surface area contributed by atoms with Crippen molar-refractivity contribution in [1.29, 1.82) is 0 Å². The number of thiophene rings is 1. The first kappa shape index (κ1) is 19.2. The molecular formula is C18H32N4OS. The van der Waals surface area contributed by atoms with Gasteiger partial charge in [0, 0.05) is 37.6 Å². The second kappa shape index (κ2) is 10.0. The monoisotopic (exact) mass is 352 g/mol. The molecule has 2 atom stereocenters. The summed E-state index contributed by atoms with van der Waals surface area (Å²) in [6.07, 6.45) is 0.295. The minimum absolute atomic E-state index is 0.295. The highest BCUT2D eigenvalue weighted by Gasteiger charge is 2.26. The van der Waals surface area contributed by atoms with E-state index in [1.54, 1.807) is 0 Å². The van der Waals surface area contributed by atoms with E-state index in [2.05, 4.69) is 65.7 Å². The van der Waals surface area contributed by atoms with Crippen molar-refractivity contribution in [2.75, 3.05) is 39.3 Å². The molecule has 1 aliphatic heterocycles. The van der Waals surface area contributed by atoms with Crippen LogP contribution < -0.4 is 10.6 Å². The van der Waals surface area contributed by atoms with Crippen LogP contribution in [0.25, 0.3) is 0 Å². The fourth-order valence-corrected chi connectivity index (χ4v) is 3.69. The molecule has 2 heterocycles. The van der Waals surface area contributed by atoms with Crippen LogP contribution >= 0.6 is 11.3 Å². The Hall–Kier alpha value is -1.11. The molecule has 2 unspecified atom stereocenters. The third kappa shape index (κ3) is 6.07. The molecule has 0 spiro atoms. The Kier molecular flexibility index (Phi) is 8.02. The summed E-state index contributed by atoms with van der Waals surface area (Å²) < 4.78 is 5.71. The Balaban J connectivity index is 2.03. The van der Waals surface area contributed by atoms with Gasteiger partial charge in [0.2, 0.25) is 0 Å². The molecule has 1 aromatic rings. The van der Waals surface area contributed by atoms with Gasteiger partial charge in [-0.2, -0.15) is 0 Å². The predicted molar refractivity (Wildman–Crippen MR) is 103 cm³/mol. The number of ether oxygens (including phenoxy) is 1. The van der Waals surface area contributed by atoms with Crippen molar-refractivity contribution in [3.63, 3.8) is 0 Å². The molecule has 2 rings (SSSR count). The van der Waals surface area contributed by atoms with E-state index in [-0.39, 0.29) is 0 Å². The Labute approximate surface area is 150 Å². The van der Waals surface area contributed by atoms with E-state index in [9.17, 15) is 0 Å². The summed E-state index contributed by atoms with van der Waals surface area (Å²) in [6, 6.07) is 4.73. The first-order valence-electron chi connectivity index (χ1n) is 9.01. The first-order chi connectivity index (χ1) is 11.6. The van der Waals surface area contributed by atoms with Gasteiger partial charge >= 0.3 is 0 Å². The van der Waals surface area contributed by atoms with Crippen LogP contribution in [0.15, 0.2) is 22.5 Å². The average molecular weight is 353 g/mol. The van der Waals surface area contributed by atoms with E-state index < -0.39 is 0 Å². The van der Waals surface area contributed by atoms with Crippen molar-refractivity contribution in [2.24, 2.45) is 10.9 Å². The molecule has 0 amide bonds. The van der Waals surface area contributed by atoms with E-state index in [1.165, 1.54) is 4.88 Å². The third-order valence-electron chi connectivity index (χ3n) is 4.01. The number of guanidine groups is 1. The molecule has 0 aliphatic carbocycles. The van der Waals surface area contributed by atoms with Gasteiger partial charge in [0.1, 0.15) is 0 Å². The molecule has 0 bridgehead atoms. The van der Waals surface area contributed by atoms with Crippen LogP contribution in [0.5, 0.6) is 0 Å². The van der Waals surface area contributed by atoms with Crippen LogP contribution in [0.4, 0.5) is 0 Å². The lowest BCUT2D eigenvalue weighted by atomic mass is 10.1. The Morgan fingerprint density at radius 1 is 1.46 bits per heavy atom. The standard InChI is InChI=1S/C18H32N4OS/c1-5-19-18(20-11-14(2)3)21-12-16(17-7-6-10-24-17)22-8-9-23-15(4)13-22/h6-7,10,14-16H,5,8-9,11-13H2,1-4H3,(H2,19,20,21). The molecule has 24 heavy (non-hydrogen) atoms. The second-order valence-corrected chi connectivity index (χ2v) is 7.68. The highest BCUT2D eigenvalue weighted by molar-refractivity contribution is 7.10. The first-order valence-corrected chi connectivity index (χ1v) is 9.89. The number of nitrogens with one attached hydrogen (secondary N) is 2.